The second kappa shape index (κ2) is 11.0. The van der Waals surface area contributed by atoms with Crippen molar-refractivity contribution in [3.05, 3.63) is 66.2 Å². The van der Waals surface area contributed by atoms with Gasteiger partial charge in [-0.25, -0.2) is 0 Å². The van der Waals surface area contributed by atoms with Crippen molar-refractivity contribution in [3.8, 4) is 11.5 Å². The number of anilines is 1. The van der Waals surface area contributed by atoms with Crippen molar-refractivity contribution in [2.45, 2.75) is 32.4 Å². The molecule has 1 fully saturated rings. The minimum absolute atomic E-state index is 0.194. The number of benzene rings is 2. The molecule has 0 amide bonds. The van der Waals surface area contributed by atoms with Gasteiger partial charge in [0.25, 0.3) is 0 Å². The van der Waals surface area contributed by atoms with E-state index in [1.165, 1.54) is 5.56 Å². The largest absolute Gasteiger partial charge is 0.493 e. The Labute approximate surface area is 184 Å². The van der Waals surface area contributed by atoms with Gasteiger partial charge in [0.1, 0.15) is 6.61 Å². The van der Waals surface area contributed by atoms with E-state index in [9.17, 15) is 0 Å². The lowest BCUT2D eigenvalue weighted by Gasteiger charge is -2.28. The first-order valence-corrected chi connectivity index (χ1v) is 10.6. The van der Waals surface area contributed by atoms with E-state index in [0.717, 1.165) is 37.2 Å². The summed E-state index contributed by atoms with van der Waals surface area (Å²) >= 11 is 5.77. The molecule has 0 bridgehead atoms. The number of ether oxygens (including phenoxy) is 3. The summed E-state index contributed by atoms with van der Waals surface area (Å²) in [5, 5.41) is 4.06. The minimum atomic E-state index is 0.194. The van der Waals surface area contributed by atoms with Crippen LogP contribution in [0.25, 0.3) is 0 Å². The molecule has 1 aliphatic rings. The SMILES string of the molecule is C=CCOc1ccc(CN(C[C@@H]2CCCO2)C(=S)Nc2cccc(C)c2)cc1OC. The molecule has 30 heavy (non-hydrogen) atoms. The van der Waals surface area contributed by atoms with Crippen molar-refractivity contribution in [2.24, 2.45) is 0 Å². The fraction of sp³-hybridized carbons (Fsp3) is 0.375. The van der Waals surface area contributed by atoms with Crippen molar-refractivity contribution < 1.29 is 14.2 Å². The van der Waals surface area contributed by atoms with Gasteiger partial charge in [0.15, 0.2) is 16.6 Å². The van der Waals surface area contributed by atoms with Crippen LogP contribution in [-0.2, 0) is 11.3 Å². The number of thiocarbonyl (C=S) groups is 1. The van der Waals surface area contributed by atoms with Crippen LogP contribution < -0.4 is 14.8 Å². The monoisotopic (exact) mass is 426 g/mol. The van der Waals surface area contributed by atoms with Crippen molar-refractivity contribution in [2.75, 3.05) is 32.2 Å². The standard InChI is InChI=1S/C24H30N2O3S/c1-4-12-29-22-11-10-19(15-23(22)27-3)16-26(17-21-9-6-13-28-21)24(30)25-20-8-5-7-18(2)14-20/h4-5,7-8,10-11,14-15,21H,1,6,9,12-13,16-17H2,2-3H3,(H,25,30)/t21-/m0/s1. The molecule has 1 atom stereocenters. The summed E-state index contributed by atoms with van der Waals surface area (Å²) in [5.41, 5.74) is 3.26. The average Bonchev–Trinajstić information content (AvgIpc) is 3.25. The minimum Gasteiger partial charge on any atom is -0.493 e. The molecule has 0 saturated carbocycles. The Morgan fingerprint density at radius 2 is 2.17 bits per heavy atom. The van der Waals surface area contributed by atoms with Gasteiger partial charge in [0.05, 0.1) is 13.2 Å². The summed E-state index contributed by atoms with van der Waals surface area (Å²) < 4.78 is 17.0. The van der Waals surface area contributed by atoms with Crippen LogP contribution >= 0.6 is 12.2 Å². The van der Waals surface area contributed by atoms with Gasteiger partial charge in [-0.05, 0) is 67.4 Å². The van der Waals surface area contributed by atoms with E-state index >= 15 is 0 Å². The maximum absolute atomic E-state index is 5.87. The van der Waals surface area contributed by atoms with Gasteiger partial charge in [-0.15, -0.1) is 0 Å². The van der Waals surface area contributed by atoms with Gasteiger partial charge in [-0.2, -0.15) is 0 Å². The Balaban J connectivity index is 1.76. The zero-order valence-electron chi connectivity index (χ0n) is 17.7. The van der Waals surface area contributed by atoms with Gasteiger partial charge >= 0.3 is 0 Å². The average molecular weight is 427 g/mol. The summed E-state index contributed by atoms with van der Waals surface area (Å²) in [4.78, 5) is 2.16. The van der Waals surface area contributed by atoms with E-state index < -0.39 is 0 Å². The Morgan fingerprint density at radius 3 is 2.87 bits per heavy atom. The van der Waals surface area contributed by atoms with Gasteiger partial charge in [0.2, 0.25) is 0 Å². The molecule has 0 unspecified atom stereocenters. The molecule has 6 heteroatoms. The van der Waals surface area contributed by atoms with Gasteiger partial charge in [-0.1, -0.05) is 30.9 Å². The summed E-state index contributed by atoms with van der Waals surface area (Å²) in [5.74, 6) is 1.40. The highest BCUT2D eigenvalue weighted by molar-refractivity contribution is 7.80. The van der Waals surface area contributed by atoms with Crippen LogP contribution in [0.2, 0.25) is 0 Å². The molecule has 160 valence electrons. The van der Waals surface area contributed by atoms with Crippen LogP contribution in [0, 0.1) is 6.92 Å². The Morgan fingerprint density at radius 1 is 1.30 bits per heavy atom. The third-order valence-corrected chi connectivity index (χ3v) is 5.32. The molecule has 0 aliphatic carbocycles. The molecule has 1 saturated heterocycles. The van der Waals surface area contributed by atoms with Gasteiger partial charge in [0, 0.05) is 25.4 Å². The smallest absolute Gasteiger partial charge is 0.173 e. The summed E-state index contributed by atoms with van der Waals surface area (Å²) in [6.07, 6.45) is 4.06. The molecule has 2 aromatic rings. The van der Waals surface area contributed by atoms with E-state index in [0.29, 0.717) is 29.8 Å². The number of aryl methyl sites for hydroxylation is 1. The molecule has 1 aliphatic heterocycles. The second-order valence-corrected chi connectivity index (χ2v) is 7.79. The second-order valence-electron chi connectivity index (χ2n) is 7.40. The Hall–Kier alpha value is -2.57. The van der Waals surface area contributed by atoms with Crippen LogP contribution in [0.5, 0.6) is 11.5 Å². The number of nitrogens with one attached hydrogen (secondary N) is 1. The molecule has 0 aromatic heterocycles. The van der Waals surface area contributed by atoms with Gasteiger partial charge < -0.3 is 24.4 Å². The van der Waals surface area contributed by atoms with E-state index in [4.69, 9.17) is 26.4 Å². The van der Waals surface area contributed by atoms with Crippen LogP contribution in [0.15, 0.2) is 55.1 Å². The lowest BCUT2D eigenvalue weighted by atomic mass is 10.1. The highest BCUT2D eigenvalue weighted by atomic mass is 32.1. The number of hydrogen-bond acceptors (Lipinski definition) is 4. The first kappa shape index (κ1) is 22.1. The third kappa shape index (κ3) is 6.21. The predicted molar refractivity (Wildman–Crippen MR) is 125 cm³/mol. The Kier molecular flexibility index (Phi) is 8.11. The summed E-state index contributed by atoms with van der Waals surface area (Å²) in [7, 11) is 1.65. The summed E-state index contributed by atoms with van der Waals surface area (Å²) in [6.45, 7) is 8.41. The zero-order valence-corrected chi connectivity index (χ0v) is 18.5. The summed E-state index contributed by atoms with van der Waals surface area (Å²) in [6, 6.07) is 14.2. The highest BCUT2D eigenvalue weighted by Crippen LogP contribution is 2.29. The van der Waals surface area contributed by atoms with Crippen molar-refractivity contribution in [1.82, 2.24) is 4.90 Å². The molecule has 5 nitrogen and oxygen atoms in total. The van der Waals surface area contributed by atoms with E-state index in [1.807, 2.05) is 30.3 Å². The molecule has 3 rings (SSSR count). The third-order valence-electron chi connectivity index (χ3n) is 4.96. The molecule has 1 N–H and O–H groups in total. The number of hydrogen-bond donors (Lipinski definition) is 1. The topological polar surface area (TPSA) is 43.0 Å². The molecular formula is C24H30N2O3S. The van der Waals surface area contributed by atoms with E-state index in [2.05, 4.69) is 35.9 Å². The maximum atomic E-state index is 5.87. The Bertz CT molecular complexity index is 865. The van der Waals surface area contributed by atoms with E-state index in [1.54, 1.807) is 13.2 Å². The highest BCUT2D eigenvalue weighted by Gasteiger charge is 2.22. The quantitative estimate of drug-likeness (QED) is 0.452. The lowest BCUT2D eigenvalue weighted by Crippen LogP contribution is -2.39. The fourth-order valence-corrected chi connectivity index (χ4v) is 3.73. The van der Waals surface area contributed by atoms with Crippen molar-refractivity contribution >= 4 is 23.0 Å². The normalized spacial score (nSPS) is 15.5. The van der Waals surface area contributed by atoms with Crippen LogP contribution in [0.3, 0.4) is 0 Å². The maximum Gasteiger partial charge on any atom is 0.173 e. The molecule has 0 radical (unpaired) electrons. The number of rotatable bonds is 9. The van der Waals surface area contributed by atoms with Crippen LogP contribution in [-0.4, -0.2) is 43.0 Å². The molecule has 1 heterocycles. The van der Waals surface area contributed by atoms with E-state index in [-0.39, 0.29) is 6.10 Å². The number of nitrogens with zero attached hydrogens (tertiary/aromatic N) is 1. The predicted octanol–water partition coefficient (Wildman–Crippen LogP) is 4.95. The molecular weight excluding hydrogens is 396 g/mol. The van der Waals surface area contributed by atoms with Gasteiger partial charge in [-0.3, -0.25) is 0 Å². The fourth-order valence-electron chi connectivity index (χ4n) is 3.48. The van der Waals surface area contributed by atoms with Crippen LogP contribution in [0.4, 0.5) is 5.69 Å². The molecule has 0 spiro atoms. The van der Waals surface area contributed by atoms with Crippen molar-refractivity contribution in [3.63, 3.8) is 0 Å². The lowest BCUT2D eigenvalue weighted by molar-refractivity contribution is 0.0905. The molecule has 2 aromatic carbocycles. The first-order chi connectivity index (χ1) is 14.6. The first-order valence-electron chi connectivity index (χ1n) is 10.2. The van der Waals surface area contributed by atoms with Crippen molar-refractivity contribution in [1.29, 1.82) is 0 Å². The number of methoxy groups -OCH3 is 1. The zero-order chi connectivity index (χ0) is 21.3. The van der Waals surface area contributed by atoms with Crippen LogP contribution in [0.1, 0.15) is 24.0 Å².